The number of allylic oxidation sites excluding steroid dienone is 2. The van der Waals surface area contributed by atoms with Crippen molar-refractivity contribution in [3.05, 3.63) is 11.4 Å². The molecule has 0 heterocycles. The van der Waals surface area contributed by atoms with E-state index in [9.17, 15) is 4.39 Å². The van der Waals surface area contributed by atoms with E-state index >= 15 is 0 Å². The Bertz CT molecular complexity index is 124. The molecule has 0 N–H and O–H groups in total. The third-order valence-corrected chi connectivity index (χ3v) is 1.96. The molecule has 0 nitrogen and oxygen atoms in total. The van der Waals surface area contributed by atoms with Crippen LogP contribution in [-0.4, -0.2) is 0 Å². The molecule has 0 aromatic rings. The van der Waals surface area contributed by atoms with Crippen LogP contribution in [0.1, 0.15) is 26.7 Å². The lowest BCUT2D eigenvalue weighted by atomic mass is 10.1. The Morgan fingerprint density at radius 2 is 2.25 bits per heavy atom. The first kappa shape index (κ1) is 5.80. The third-order valence-electron chi connectivity index (χ3n) is 1.96. The maximum Gasteiger partial charge on any atom is 0.0991 e. The summed E-state index contributed by atoms with van der Waals surface area (Å²) >= 11 is 0. The summed E-state index contributed by atoms with van der Waals surface area (Å²) in [5, 5.41) is 0. The van der Waals surface area contributed by atoms with Gasteiger partial charge in [-0.05, 0) is 31.3 Å². The van der Waals surface area contributed by atoms with Gasteiger partial charge in [0.2, 0.25) is 0 Å². The molecule has 0 radical (unpaired) electrons. The average molecular weight is 114 g/mol. The Hall–Kier alpha value is -0.330. The molecule has 0 fully saturated rings. The molecule has 0 saturated carbocycles. The van der Waals surface area contributed by atoms with Crippen LogP contribution in [0.15, 0.2) is 11.4 Å². The molecule has 1 heteroatoms. The van der Waals surface area contributed by atoms with E-state index in [4.69, 9.17) is 0 Å². The lowest BCUT2D eigenvalue weighted by Gasteiger charge is -1.98. The van der Waals surface area contributed by atoms with Gasteiger partial charge in [-0.1, -0.05) is 6.92 Å². The van der Waals surface area contributed by atoms with Gasteiger partial charge in [0.05, 0.1) is 5.83 Å². The first-order chi connectivity index (χ1) is 3.72. The molecule has 1 rings (SSSR count). The Morgan fingerprint density at radius 3 is 2.38 bits per heavy atom. The SMILES string of the molecule is CC1=C(F)CCC1C. The lowest BCUT2D eigenvalue weighted by Crippen LogP contribution is -1.86. The van der Waals surface area contributed by atoms with Gasteiger partial charge < -0.3 is 0 Å². The van der Waals surface area contributed by atoms with Crippen molar-refractivity contribution >= 4 is 0 Å². The Morgan fingerprint density at radius 1 is 1.62 bits per heavy atom. The van der Waals surface area contributed by atoms with Crippen LogP contribution in [0.2, 0.25) is 0 Å². The maximum atomic E-state index is 12.4. The van der Waals surface area contributed by atoms with Gasteiger partial charge in [-0.25, -0.2) is 4.39 Å². The fraction of sp³-hybridized carbons (Fsp3) is 0.714. The van der Waals surface area contributed by atoms with Crippen molar-refractivity contribution in [1.29, 1.82) is 0 Å². The summed E-state index contributed by atoms with van der Waals surface area (Å²) in [6, 6.07) is 0. The highest BCUT2D eigenvalue weighted by molar-refractivity contribution is 5.13. The van der Waals surface area contributed by atoms with Crippen molar-refractivity contribution in [2.45, 2.75) is 26.7 Å². The molecule has 0 saturated heterocycles. The van der Waals surface area contributed by atoms with Crippen molar-refractivity contribution < 1.29 is 4.39 Å². The van der Waals surface area contributed by atoms with E-state index < -0.39 is 0 Å². The Labute approximate surface area is 49.4 Å². The van der Waals surface area contributed by atoms with Crippen LogP contribution in [0.4, 0.5) is 4.39 Å². The second-order valence-corrected chi connectivity index (χ2v) is 2.53. The van der Waals surface area contributed by atoms with Crippen molar-refractivity contribution in [2.24, 2.45) is 5.92 Å². The van der Waals surface area contributed by atoms with Crippen LogP contribution >= 0.6 is 0 Å². The molecule has 0 aliphatic heterocycles. The summed E-state index contributed by atoms with van der Waals surface area (Å²) in [6.07, 6.45) is 1.69. The van der Waals surface area contributed by atoms with Gasteiger partial charge in [0.1, 0.15) is 0 Å². The predicted octanol–water partition coefficient (Wildman–Crippen LogP) is 2.66. The van der Waals surface area contributed by atoms with Gasteiger partial charge in [-0.15, -0.1) is 0 Å². The highest BCUT2D eigenvalue weighted by Gasteiger charge is 2.17. The molecule has 1 aliphatic rings. The van der Waals surface area contributed by atoms with Gasteiger partial charge in [0.15, 0.2) is 0 Å². The number of hydrogen-bond acceptors (Lipinski definition) is 0. The molecule has 1 atom stereocenters. The zero-order chi connectivity index (χ0) is 6.15. The average Bonchev–Trinajstić information content (AvgIpc) is 1.98. The fourth-order valence-electron chi connectivity index (χ4n) is 1.02. The van der Waals surface area contributed by atoms with Crippen LogP contribution in [-0.2, 0) is 0 Å². The van der Waals surface area contributed by atoms with Gasteiger partial charge in [0.25, 0.3) is 0 Å². The fourth-order valence-corrected chi connectivity index (χ4v) is 1.02. The van der Waals surface area contributed by atoms with E-state index in [2.05, 4.69) is 6.92 Å². The summed E-state index contributed by atoms with van der Waals surface area (Å²) < 4.78 is 12.4. The molecule has 1 aliphatic carbocycles. The summed E-state index contributed by atoms with van der Waals surface area (Å²) in [5.74, 6) is 0.618. The molecule has 0 spiro atoms. The van der Waals surface area contributed by atoms with Crippen LogP contribution in [0, 0.1) is 5.92 Å². The number of rotatable bonds is 0. The number of halogens is 1. The minimum atomic E-state index is 0.123. The summed E-state index contributed by atoms with van der Waals surface area (Å²) in [7, 11) is 0. The maximum absolute atomic E-state index is 12.4. The largest absolute Gasteiger partial charge is 0.212 e. The normalized spacial score (nSPS) is 29.6. The molecule has 8 heavy (non-hydrogen) atoms. The zero-order valence-corrected chi connectivity index (χ0v) is 5.37. The van der Waals surface area contributed by atoms with Crippen LogP contribution < -0.4 is 0 Å². The molecular formula is C7H11F. The standard InChI is InChI=1S/C7H11F/c1-5-3-4-7(8)6(5)2/h5H,3-4H2,1-2H3. The van der Waals surface area contributed by atoms with E-state index in [0.29, 0.717) is 12.3 Å². The van der Waals surface area contributed by atoms with Gasteiger partial charge in [-0.3, -0.25) is 0 Å². The van der Waals surface area contributed by atoms with E-state index in [1.807, 2.05) is 6.92 Å². The first-order valence-electron chi connectivity index (χ1n) is 3.07. The molecule has 0 amide bonds. The molecule has 1 unspecified atom stereocenters. The third kappa shape index (κ3) is 0.770. The predicted molar refractivity (Wildman–Crippen MR) is 32.2 cm³/mol. The van der Waals surface area contributed by atoms with E-state index in [1.165, 1.54) is 0 Å². The molecule has 0 bridgehead atoms. The van der Waals surface area contributed by atoms with Gasteiger partial charge in [0, 0.05) is 0 Å². The van der Waals surface area contributed by atoms with Crippen LogP contribution in [0.25, 0.3) is 0 Å². The molecule has 0 aromatic heterocycles. The highest BCUT2D eigenvalue weighted by atomic mass is 19.1. The van der Waals surface area contributed by atoms with E-state index in [1.54, 1.807) is 0 Å². The number of hydrogen-bond donors (Lipinski definition) is 0. The van der Waals surface area contributed by atoms with Crippen LogP contribution in [0.5, 0.6) is 0 Å². The van der Waals surface area contributed by atoms with Gasteiger partial charge in [-0.2, -0.15) is 0 Å². The minimum absolute atomic E-state index is 0.123. The second kappa shape index (κ2) is 1.88. The monoisotopic (exact) mass is 114 g/mol. The van der Waals surface area contributed by atoms with E-state index in [-0.39, 0.29) is 5.83 Å². The van der Waals surface area contributed by atoms with Crippen molar-refractivity contribution in [2.75, 3.05) is 0 Å². The summed E-state index contributed by atoms with van der Waals surface area (Å²) in [5.41, 5.74) is 0.963. The Kier molecular flexibility index (Phi) is 1.37. The van der Waals surface area contributed by atoms with Crippen molar-refractivity contribution in [3.8, 4) is 0 Å². The van der Waals surface area contributed by atoms with Crippen molar-refractivity contribution in [3.63, 3.8) is 0 Å². The topological polar surface area (TPSA) is 0 Å². The lowest BCUT2D eigenvalue weighted by molar-refractivity contribution is 0.595. The smallest absolute Gasteiger partial charge is 0.0991 e. The minimum Gasteiger partial charge on any atom is -0.212 e. The zero-order valence-electron chi connectivity index (χ0n) is 5.37. The summed E-state index contributed by atoms with van der Waals surface area (Å²) in [4.78, 5) is 0. The van der Waals surface area contributed by atoms with Crippen LogP contribution in [0.3, 0.4) is 0 Å². The van der Waals surface area contributed by atoms with Gasteiger partial charge >= 0.3 is 0 Å². The highest BCUT2D eigenvalue weighted by Crippen LogP contribution is 2.31. The van der Waals surface area contributed by atoms with E-state index in [0.717, 1.165) is 12.0 Å². The molecule has 0 aromatic carbocycles. The first-order valence-corrected chi connectivity index (χ1v) is 3.07. The van der Waals surface area contributed by atoms with Crippen molar-refractivity contribution in [1.82, 2.24) is 0 Å². The summed E-state index contributed by atoms with van der Waals surface area (Å²) in [6.45, 7) is 3.95. The second-order valence-electron chi connectivity index (χ2n) is 2.53. The molecular weight excluding hydrogens is 103 g/mol. The molecule has 46 valence electrons. The Balaban J connectivity index is 2.71. The quantitative estimate of drug-likeness (QED) is 0.454.